The third-order valence-corrected chi connectivity index (χ3v) is 4.41. The number of halogens is 1. The summed E-state index contributed by atoms with van der Waals surface area (Å²) in [7, 11) is 0. The minimum absolute atomic E-state index is 0.326. The van der Waals surface area contributed by atoms with Gasteiger partial charge in [-0.1, -0.05) is 31.5 Å². The lowest BCUT2D eigenvalue weighted by atomic mass is 9.96. The van der Waals surface area contributed by atoms with Crippen LogP contribution in [0.25, 0.3) is 0 Å². The van der Waals surface area contributed by atoms with Crippen molar-refractivity contribution in [3.05, 3.63) is 23.2 Å². The molecule has 0 aromatic heterocycles. The molecule has 1 aromatic carbocycles. The molecule has 0 atom stereocenters. The Bertz CT molecular complexity index is 349. The number of hydrogen-bond acceptors (Lipinski definition) is 2. The molecule has 14 heavy (non-hydrogen) atoms. The zero-order chi connectivity index (χ0) is 10.2. The Balaban J connectivity index is 2.34. The molecule has 1 N–H and O–H groups in total. The van der Waals surface area contributed by atoms with Gasteiger partial charge in [-0.25, -0.2) is 0 Å². The summed E-state index contributed by atoms with van der Waals surface area (Å²) in [5.74, 6) is 1.11. The molecule has 0 bridgehead atoms. The second kappa shape index (κ2) is 3.67. The quantitative estimate of drug-likeness (QED) is 0.722. The van der Waals surface area contributed by atoms with E-state index in [0.29, 0.717) is 5.41 Å². The smallest absolute Gasteiger partial charge is 0.0562 e. The van der Waals surface area contributed by atoms with Gasteiger partial charge in [0.05, 0.1) is 5.02 Å². The van der Waals surface area contributed by atoms with Crippen molar-refractivity contribution in [1.29, 1.82) is 0 Å². The summed E-state index contributed by atoms with van der Waals surface area (Å²) in [6.45, 7) is 5.55. The van der Waals surface area contributed by atoms with Crippen LogP contribution in [0.4, 0.5) is 5.69 Å². The molecule has 1 aliphatic rings. The van der Waals surface area contributed by atoms with Crippen LogP contribution in [0.3, 0.4) is 0 Å². The predicted molar refractivity (Wildman–Crippen MR) is 64.4 cm³/mol. The van der Waals surface area contributed by atoms with E-state index in [0.717, 1.165) is 17.3 Å². The van der Waals surface area contributed by atoms with Crippen LogP contribution in [0.15, 0.2) is 23.1 Å². The highest BCUT2D eigenvalue weighted by molar-refractivity contribution is 7.99. The van der Waals surface area contributed by atoms with Gasteiger partial charge in [-0.05, 0) is 17.5 Å². The molecule has 3 heteroatoms. The summed E-state index contributed by atoms with van der Waals surface area (Å²) < 4.78 is 0. The van der Waals surface area contributed by atoms with Gasteiger partial charge in [-0.3, -0.25) is 0 Å². The van der Waals surface area contributed by atoms with Gasteiger partial charge in [0.2, 0.25) is 0 Å². The summed E-state index contributed by atoms with van der Waals surface area (Å²) in [6, 6.07) is 6.04. The lowest BCUT2D eigenvalue weighted by Crippen LogP contribution is -2.23. The molecule has 0 unspecified atom stereocenters. The summed E-state index contributed by atoms with van der Waals surface area (Å²) in [5, 5.41) is 4.31. The molecule has 2 rings (SSSR count). The summed E-state index contributed by atoms with van der Waals surface area (Å²) in [4.78, 5) is 1.19. The molecule has 0 fully saturated rings. The van der Waals surface area contributed by atoms with E-state index in [2.05, 4.69) is 25.2 Å². The SMILES string of the molecule is CC1(C)CNc2cccc(Cl)c2SC1. The van der Waals surface area contributed by atoms with E-state index in [1.165, 1.54) is 10.6 Å². The lowest BCUT2D eigenvalue weighted by molar-refractivity contribution is 0.456. The molecule has 0 spiro atoms. The summed E-state index contributed by atoms with van der Waals surface area (Å²) >= 11 is 8.00. The Morgan fingerprint density at radius 2 is 2.21 bits per heavy atom. The van der Waals surface area contributed by atoms with Crippen LogP contribution >= 0.6 is 23.4 Å². The van der Waals surface area contributed by atoms with Crippen LogP contribution in [-0.2, 0) is 0 Å². The zero-order valence-electron chi connectivity index (χ0n) is 8.43. The maximum Gasteiger partial charge on any atom is 0.0562 e. The van der Waals surface area contributed by atoms with Gasteiger partial charge in [0.1, 0.15) is 0 Å². The van der Waals surface area contributed by atoms with Crippen molar-refractivity contribution in [2.45, 2.75) is 18.7 Å². The number of hydrogen-bond donors (Lipinski definition) is 1. The van der Waals surface area contributed by atoms with Gasteiger partial charge in [0.15, 0.2) is 0 Å². The molecule has 1 aliphatic heterocycles. The average molecular weight is 228 g/mol. The first-order valence-corrected chi connectivity index (χ1v) is 6.10. The van der Waals surface area contributed by atoms with E-state index in [4.69, 9.17) is 11.6 Å². The van der Waals surface area contributed by atoms with Crippen LogP contribution in [0, 0.1) is 5.41 Å². The van der Waals surface area contributed by atoms with E-state index in [1.807, 2.05) is 23.9 Å². The third-order valence-electron chi connectivity index (χ3n) is 2.33. The topological polar surface area (TPSA) is 12.0 Å². The van der Waals surface area contributed by atoms with Gasteiger partial charge in [0, 0.05) is 22.9 Å². The van der Waals surface area contributed by atoms with Crippen molar-refractivity contribution in [2.75, 3.05) is 17.6 Å². The standard InChI is InChI=1S/C11H14ClNS/c1-11(2)6-13-9-5-3-4-8(12)10(9)14-7-11/h3-5,13H,6-7H2,1-2H3. The Kier molecular flexibility index (Phi) is 2.67. The minimum Gasteiger partial charge on any atom is -0.384 e. The van der Waals surface area contributed by atoms with E-state index >= 15 is 0 Å². The molecule has 76 valence electrons. The number of rotatable bonds is 0. The number of benzene rings is 1. The number of nitrogens with one attached hydrogen (secondary N) is 1. The van der Waals surface area contributed by atoms with Crippen LogP contribution in [0.2, 0.25) is 5.02 Å². The fourth-order valence-electron chi connectivity index (χ4n) is 1.45. The molecule has 0 aliphatic carbocycles. The molecule has 1 nitrogen and oxygen atoms in total. The Hall–Kier alpha value is -0.340. The minimum atomic E-state index is 0.326. The van der Waals surface area contributed by atoms with Crippen LogP contribution in [0.5, 0.6) is 0 Å². The number of thioether (sulfide) groups is 1. The van der Waals surface area contributed by atoms with Gasteiger partial charge in [-0.15, -0.1) is 11.8 Å². The first-order valence-electron chi connectivity index (χ1n) is 4.74. The normalized spacial score (nSPS) is 19.4. The third kappa shape index (κ3) is 2.01. The molecule has 1 aromatic rings. The lowest BCUT2D eigenvalue weighted by Gasteiger charge is -2.21. The van der Waals surface area contributed by atoms with Crippen molar-refractivity contribution < 1.29 is 0 Å². The Labute approximate surface area is 94.2 Å². The van der Waals surface area contributed by atoms with Crippen molar-refractivity contribution in [1.82, 2.24) is 0 Å². The molecular weight excluding hydrogens is 214 g/mol. The largest absolute Gasteiger partial charge is 0.384 e. The first-order chi connectivity index (χ1) is 6.58. The molecule has 0 saturated carbocycles. The fraction of sp³-hybridized carbons (Fsp3) is 0.455. The zero-order valence-corrected chi connectivity index (χ0v) is 10.0. The summed E-state index contributed by atoms with van der Waals surface area (Å²) in [5.41, 5.74) is 1.50. The number of fused-ring (bicyclic) bond motifs is 1. The number of anilines is 1. The molecule has 0 radical (unpaired) electrons. The first kappa shape index (κ1) is 10.2. The molecule has 0 saturated heterocycles. The van der Waals surface area contributed by atoms with E-state index < -0.39 is 0 Å². The van der Waals surface area contributed by atoms with Crippen molar-refractivity contribution in [2.24, 2.45) is 5.41 Å². The second-order valence-electron chi connectivity index (χ2n) is 4.42. The molecule has 0 amide bonds. The highest BCUT2D eigenvalue weighted by Crippen LogP contribution is 2.40. The molecule has 1 heterocycles. The maximum absolute atomic E-state index is 6.15. The predicted octanol–water partition coefficient (Wildman–Crippen LogP) is 3.88. The van der Waals surface area contributed by atoms with Crippen LogP contribution in [0.1, 0.15) is 13.8 Å². The van der Waals surface area contributed by atoms with E-state index in [-0.39, 0.29) is 0 Å². The Morgan fingerprint density at radius 1 is 1.43 bits per heavy atom. The highest BCUT2D eigenvalue weighted by atomic mass is 35.5. The van der Waals surface area contributed by atoms with Crippen LogP contribution < -0.4 is 5.32 Å². The monoisotopic (exact) mass is 227 g/mol. The molecular formula is C11H14ClNS. The maximum atomic E-state index is 6.15. The summed E-state index contributed by atoms with van der Waals surface area (Å²) in [6.07, 6.45) is 0. The van der Waals surface area contributed by atoms with Gasteiger partial charge in [-0.2, -0.15) is 0 Å². The average Bonchev–Trinajstić information content (AvgIpc) is 2.27. The fourth-order valence-corrected chi connectivity index (χ4v) is 2.92. The van der Waals surface area contributed by atoms with Crippen molar-refractivity contribution in [3.8, 4) is 0 Å². The Morgan fingerprint density at radius 3 is 3.00 bits per heavy atom. The van der Waals surface area contributed by atoms with Gasteiger partial charge < -0.3 is 5.32 Å². The van der Waals surface area contributed by atoms with Crippen molar-refractivity contribution in [3.63, 3.8) is 0 Å². The van der Waals surface area contributed by atoms with E-state index in [1.54, 1.807) is 0 Å². The van der Waals surface area contributed by atoms with Crippen LogP contribution in [-0.4, -0.2) is 12.3 Å². The van der Waals surface area contributed by atoms with E-state index in [9.17, 15) is 0 Å². The van der Waals surface area contributed by atoms with Gasteiger partial charge in [0.25, 0.3) is 0 Å². The highest BCUT2D eigenvalue weighted by Gasteiger charge is 2.23. The van der Waals surface area contributed by atoms with Crippen molar-refractivity contribution >= 4 is 29.1 Å². The second-order valence-corrected chi connectivity index (χ2v) is 5.82. The van der Waals surface area contributed by atoms with Gasteiger partial charge >= 0.3 is 0 Å².